The molecule has 0 aliphatic heterocycles. The Morgan fingerprint density at radius 1 is 1.04 bits per heavy atom. The Labute approximate surface area is 149 Å². The van der Waals surface area contributed by atoms with Gasteiger partial charge in [-0.2, -0.15) is 0 Å². The molecule has 0 fully saturated rings. The first-order valence-electron chi connectivity index (χ1n) is 8.47. The van der Waals surface area contributed by atoms with E-state index in [-0.39, 0.29) is 12.6 Å². The summed E-state index contributed by atoms with van der Waals surface area (Å²) in [5.74, 6) is 0.454. The van der Waals surface area contributed by atoms with Crippen LogP contribution in [-0.2, 0) is 24.4 Å². The Bertz CT molecular complexity index is 487. The molecule has 0 bridgehead atoms. The van der Waals surface area contributed by atoms with Crippen molar-refractivity contribution in [3.05, 3.63) is 24.2 Å². The van der Waals surface area contributed by atoms with Gasteiger partial charge in [-0.25, -0.2) is 0 Å². The predicted molar refractivity (Wildman–Crippen MR) is 103 cm³/mol. The van der Waals surface area contributed by atoms with Crippen LogP contribution in [0.4, 0.5) is 0 Å². The molecule has 0 aliphatic carbocycles. The van der Waals surface area contributed by atoms with Gasteiger partial charge < -0.3 is 17.4 Å². The summed E-state index contributed by atoms with van der Waals surface area (Å²) in [7, 11) is -5.65. The Hall–Kier alpha value is -0.679. The topological polar surface area (TPSA) is 57.9 Å². The molecule has 0 unspecified atom stereocenters. The minimum absolute atomic E-state index is 0.192. The third-order valence-electron chi connectivity index (χ3n) is 3.01. The van der Waals surface area contributed by atoms with Crippen LogP contribution in [0.1, 0.15) is 18.6 Å². The fourth-order valence-electron chi connectivity index (χ4n) is 2.59. The van der Waals surface area contributed by atoms with Crippen LogP contribution in [0.5, 0.6) is 0 Å². The van der Waals surface area contributed by atoms with Crippen LogP contribution in [0, 0.1) is 0 Å². The van der Waals surface area contributed by atoms with Gasteiger partial charge in [0, 0.05) is 6.42 Å². The third-order valence-corrected chi connectivity index (χ3v) is 12.6. The van der Waals surface area contributed by atoms with E-state index in [9.17, 15) is 4.79 Å². The molecule has 0 spiro atoms. The second-order valence-electron chi connectivity index (χ2n) is 8.16. The predicted octanol–water partition coefficient (Wildman–Crippen LogP) is 4.88. The maximum absolute atomic E-state index is 11.9. The summed E-state index contributed by atoms with van der Waals surface area (Å²) in [6, 6.07) is 4.39. The van der Waals surface area contributed by atoms with E-state index in [0.717, 1.165) is 12.5 Å². The standard InChI is InChI=1S/C16H32O5Si3/c1-22(2,3)20-24(7,21-23(4,5)6)13-9-11-16(17)19-14-15-10-8-12-18-15/h8,10,12H,9,11,13-14H2,1-7H3. The number of furan rings is 1. The smallest absolute Gasteiger partial charge is 0.314 e. The van der Waals surface area contributed by atoms with E-state index in [4.69, 9.17) is 17.4 Å². The van der Waals surface area contributed by atoms with Crippen LogP contribution >= 0.6 is 0 Å². The molecule has 0 aliphatic rings. The monoisotopic (exact) mass is 388 g/mol. The normalized spacial score (nSPS) is 13.1. The van der Waals surface area contributed by atoms with E-state index < -0.39 is 25.2 Å². The Morgan fingerprint density at radius 3 is 2.08 bits per heavy atom. The maximum Gasteiger partial charge on any atom is 0.314 e. The molecule has 0 aromatic carbocycles. The van der Waals surface area contributed by atoms with E-state index in [0.29, 0.717) is 12.2 Å². The molecule has 138 valence electrons. The van der Waals surface area contributed by atoms with Gasteiger partial charge in [-0.3, -0.25) is 4.79 Å². The second kappa shape index (κ2) is 8.61. The number of carbonyl (C=O) groups excluding carboxylic acids is 1. The lowest BCUT2D eigenvalue weighted by molar-refractivity contribution is -0.145. The average molecular weight is 389 g/mol. The summed E-state index contributed by atoms with van der Waals surface area (Å²) in [6.07, 6.45) is 2.68. The molecule has 0 atom stereocenters. The van der Waals surface area contributed by atoms with Crippen molar-refractivity contribution in [3.8, 4) is 0 Å². The van der Waals surface area contributed by atoms with Gasteiger partial charge >= 0.3 is 14.5 Å². The van der Waals surface area contributed by atoms with Crippen LogP contribution in [0.15, 0.2) is 22.8 Å². The molecule has 0 radical (unpaired) electrons. The van der Waals surface area contributed by atoms with E-state index >= 15 is 0 Å². The SMILES string of the molecule is C[Si](C)(C)O[Si](C)(CCCC(=O)OCc1ccco1)O[Si](C)(C)C. The van der Waals surface area contributed by atoms with Crippen molar-refractivity contribution in [2.75, 3.05) is 0 Å². The highest BCUT2D eigenvalue weighted by Crippen LogP contribution is 2.26. The van der Waals surface area contributed by atoms with Gasteiger partial charge in [-0.05, 0) is 70.4 Å². The molecule has 1 heterocycles. The largest absolute Gasteiger partial charge is 0.466 e. The number of ether oxygens (including phenoxy) is 1. The molecule has 1 aromatic heterocycles. The highest BCUT2D eigenvalue weighted by molar-refractivity contribution is 6.87. The number of rotatable bonds is 10. The summed E-state index contributed by atoms with van der Waals surface area (Å²) >= 11 is 0. The van der Waals surface area contributed by atoms with Gasteiger partial charge in [-0.1, -0.05) is 0 Å². The van der Waals surface area contributed by atoms with Crippen molar-refractivity contribution < 1.29 is 22.2 Å². The lowest BCUT2D eigenvalue weighted by Crippen LogP contribution is -2.52. The number of esters is 1. The Kier molecular flexibility index (Phi) is 7.67. The molecule has 1 aromatic rings. The minimum Gasteiger partial charge on any atom is -0.466 e. The van der Waals surface area contributed by atoms with Crippen LogP contribution in [0.3, 0.4) is 0 Å². The third kappa shape index (κ3) is 9.58. The first-order chi connectivity index (χ1) is 10.9. The van der Waals surface area contributed by atoms with Crippen molar-refractivity contribution in [1.82, 2.24) is 0 Å². The Balaban J connectivity index is 2.47. The number of hydrogen-bond donors (Lipinski definition) is 0. The highest BCUT2D eigenvalue weighted by Gasteiger charge is 2.39. The van der Waals surface area contributed by atoms with Crippen LogP contribution < -0.4 is 0 Å². The Morgan fingerprint density at radius 2 is 1.62 bits per heavy atom. The van der Waals surface area contributed by atoms with Gasteiger partial charge in [0.1, 0.15) is 12.4 Å². The summed E-state index contributed by atoms with van der Waals surface area (Å²) in [5.41, 5.74) is 0. The van der Waals surface area contributed by atoms with Gasteiger partial charge in [0.2, 0.25) is 0 Å². The average Bonchev–Trinajstić information content (AvgIpc) is 2.84. The lowest BCUT2D eigenvalue weighted by atomic mass is 10.3. The van der Waals surface area contributed by atoms with Crippen molar-refractivity contribution in [3.63, 3.8) is 0 Å². The zero-order valence-electron chi connectivity index (χ0n) is 16.1. The van der Waals surface area contributed by atoms with E-state index in [1.807, 2.05) is 0 Å². The summed E-state index contributed by atoms with van der Waals surface area (Å²) in [6.45, 7) is 15.4. The van der Waals surface area contributed by atoms with Gasteiger partial charge in [-0.15, -0.1) is 0 Å². The zero-order chi connectivity index (χ0) is 18.4. The molecule has 5 nitrogen and oxygen atoms in total. The highest BCUT2D eigenvalue weighted by atomic mass is 28.5. The van der Waals surface area contributed by atoms with Gasteiger partial charge in [0.25, 0.3) is 0 Å². The summed E-state index contributed by atoms with van der Waals surface area (Å²) in [4.78, 5) is 11.9. The second-order valence-corrected chi connectivity index (χ2v) is 21.0. The quantitative estimate of drug-likeness (QED) is 0.422. The lowest BCUT2D eigenvalue weighted by Gasteiger charge is -2.38. The molecule has 1 rings (SSSR count). The molecule has 8 heteroatoms. The molecule has 0 amide bonds. The zero-order valence-corrected chi connectivity index (χ0v) is 19.1. The maximum atomic E-state index is 11.9. The van der Waals surface area contributed by atoms with E-state index in [1.165, 1.54) is 0 Å². The van der Waals surface area contributed by atoms with Gasteiger partial charge in [0.15, 0.2) is 16.6 Å². The van der Waals surface area contributed by atoms with Crippen molar-refractivity contribution >= 4 is 31.2 Å². The summed E-state index contributed by atoms with van der Waals surface area (Å²) < 4.78 is 23.2. The van der Waals surface area contributed by atoms with E-state index in [1.54, 1.807) is 18.4 Å². The van der Waals surface area contributed by atoms with Gasteiger partial charge in [0.05, 0.1) is 6.26 Å². The first-order valence-corrected chi connectivity index (χ1v) is 17.8. The van der Waals surface area contributed by atoms with Crippen molar-refractivity contribution in [2.45, 2.75) is 71.3 Å². The van der Waals surface area contributed by atoms with Crippen LogP contribution in [-0.4, -0.2) is 31.2 Å². The van der Waals surface area contributed by atoms with E-state index in [2.05, 4.69) is 45.8 Å². The summed E-state index contributed by atoms with van der Waals surface area (Å²) in [5, 5.41) is 0. The van der Waals surface area contributed by atoms with Crippen LogP contribution in [0.2, 0.25) is 51.9 Å². The number of hydrogen-bond acceptors (Lipinski definition) is 5. The minimum atomic E-state index is -2.27. The molecular weight excluding hydrogens is 356 g/mol. The fraction of sp³-hybridized carbons (Fsp3) is 0.688. The number of carbonyl (C=O) groups is 1. The van der Waals surface area contributed by atoms with Crippen molar-refractivity contribution in [2.24, 2.45) is 0 Å². The first kappa shape index (κ1) is 21.4. The van der Waals surface area contributed by atoms with Crippen molar-refractivity contribution in [1.29, 1.82) is 0 Å². The molecule has 0 saturated carbocycles. The van der Waals surface area contributed by atoms with Crippen LogP contribution in [0.25, 0.3) is 0 Å². The fourth-order valence-corrected chi connectivity index (χ4v) is 15.1. The molecule has 0 saturated heterocycles. The molecule has 0 N–H and O–H groups in total. The molecular formula is C16H32O5Si3. The molecule has 24 heavy (non-hydrogen) atoms.